The fourth-order valence-electron chi connectivity index (χ4n) is 4.71. The molecule has 1 atom stereocenters. The molecule has 1 aliphatic heterocycles. The quantitative estimate of drug-likeness (QED) is 0.221. The van der Waals surface area contributed by atoms with Crippen LogP contribution in [-0.4, -0.2) is 24.3 Å². The highest BCUT2D eigenvalue weighted by atomic mass is 35.5. The van der Waals surface area contributed by atoms with Crippen LogP contribution in [-0.2, 0) is 16.1 Å². The van der Waals surface area contributed by atoms with E-state index in [-0.39, 0.29) is 33.2 Å². The summed E-state index contributed by atoms with van der Waals surface area (Å²) in [6.45, 7) is 6.12. The summed E-state index contributed by atoms with van der Waals surface area (Å²) in [6.07, 6.45) is 1.41. The van der Waals surface area contributed by atoms with Crippen LogP contribution >= 0.6 is 22.9 Å². The lowest BCUT2D eigenvalue weighted by atomic mass is 9.95. The first-order chi connectivity index (χ1) is 20.7. The summed E-state index contributed by atoms with van der Waals surface area (Å²) in [6, 6.07) is 18.4. The van der Waals surface area contributed by atoms with Gasteiger partial charge in [-0.05, 0) is 54.3 Å². The lowest BCUT2D eigenvalue weighted by Crippen LogP contribution is -2.40. The largest absolute Gasteiger partial charge is 0.493 e. The molecule has 0 saturated heterocycles. The molecule has 0 aliphatic carbocycles. The van der Waals surface area contributed by atoms with Crippen LogP contribution in [0.4, 0.5) is 4.39 Å². The zero-order chi connectivity index (χ0) is 30.7. The van der Waals surface area contributed by atoms with Gasteiger partial charge >= 0.3 is 5.97 Å². The number of rotatable bonds is 9. The van der Waals surface area contributed by atoms with E-state index in [1.54, 1.807) is 31.2 Å². The van der Waals surface area contributed by atoms with Gasteiger partial charge in [-0.25, -0.2) is 14.2 Å². The molecule has 0 fully saturated rings. The Labute approximate surface area is 257 Å². The fourth-order valence-corrected chi connectivity index (χ4v) is 5.95. The van der Waals surface area contributed by atoms with Gasteiger partial charge in [0.25, 0.3) is 5.56 Å². The molecule has 43 heavy (non-hydrogen) atoms. The van der Waals surface area contributed by atoms with Crippen LogP contribution in [0.15, 0.2) is 87.8 Å². The maximum atomic E-state index is 14.6. The highest BCUT2D eigenvalue weighted by Crippen LogP contribution is 2.36. The lowest BCUT2D eigenvalue weighted by Gasteiger charge is -2.25. The van der Waals surface area contributed by atoms with E-state index in [0.29, 0.717) is 34.2 Å². The van der Waals surface area contributed by atoms with Crippen LogP contribution in [0.2, 0.25) is 5.02 Å². The van der Waals surface area contributed by atoms with Crippen molar-refractivity contribution in [1.82, 2.24) is 4.57 Å². The van der Waals surface area contributed by atoms with Crippen LogP contribution in [0.1, 0.15) is 43.5 Å². The van der Waals surface area contributed by atoms with Crippen molar-refractivity contribution in [3.05, 3.63) is 125 Å². The molecule has 1 aromatic heterocycles. The number of nitrogens with zero attached hydrogens (tertiary/aromatic N) is 2. The molecule has 1 aliphatic rings. The van der Waals surface area contributed by atoms with E-state index in [1.165, 1.54) is 29.9 Å². The van der Waals surface area contributed by atoms with Crippen LogP contribution in [0.25, 0.3) is 6.08 Å². The number of ether oxygens (including phenoxy) is 3. The van der Waals surface area contributed by atoms with Crippen molar-refractivity contribution in [1.29, 1.82) is 0 Å². The Kier molecular flexibility index (Phi) is 9.13. The number of hydrogen-bond donors (Lipinski definition) is 0. The Balaban J connectivity index is 1.63. The third-order valence-electron chi connectivity index (χ3n) is 6.81. The predicted molar refractivity (Wildman–Crippen MR) is 165 cm³/mol. The van der Waals surface area contributed by atoms with Gasteiger partial charge < -0.3 is 14.2 Å². The highest BCUT2D eigenvalue weighted by Gasteiger charge is 2.34. The number of esters is 1. The number of benzene rings is 3. The van der Waals surface area contributed by atoms with Gasteiger partial charge in [0.05, 0.1) is 40.6 Å². The van der Waals surface area contributed by atoms with Gasteiger partial charge in [0.2, 0.25) is 0 Å². The average molecular weight is 621 g/mol. The molecule has 0 radical (unpaired) electrons. The van der Waals surface area contributed by atoms with Crippen LogP contribution in [0, 0.1) is 11.7 Å². The van der Waals surface area contributed by atoms with Crippen molar-refractivity contribution in [3.63, 3.8) is 0 Å². The molecular weight excluding hydrogens is 591 g/mol. The minimum atomic E-state index is -0.883. The minimum absolute atomic E-state index is 0.0971. The zero-order valence-corrected chi connectivity index (χ0v) is 25.7. The van der Waals surface area contributed by atoms with Gasteiger partial charge in [0, 0.05) is 5.56 Å². The summed E-state index contributed by atoms with van der Waals surface area (Å²) in [5.41, 5.74) is 1.87. The number of fused-ring (bicyclic) bond motifs is 1. The lowest BCUT2D eigenvalue weighted by molar-refractivity contribution is -0.140. The normalized spacial score (nSPS) is 14.9. The molecule has 4 aromatic rings. The Morgan fingerprint density at radius 3 is 2.58 bits per heavy atom. The molecule has 0 spiro atoms. The van der Waals surface area contributed by atoms with Gasteiger partial charge in [0.1, 0.15) is 12.4 Å². The van der Waals surface area contributed by atoms with Gasteiger partial charge in [-0.15, -0.1) is 0 Å². The molecule has 10 heteroatoms. The van der Waals surface area contributed by atoms with Crippen molar-refractivity contribution in [2.75, 3.05) is 13.7 Å². The monoisotopic (exact) mass is 620 g/mol. The van der Waals surface area contributed by atoms with Crippen molar-refractivity contribution < 1.29 is 23.4 Å². The van der Waals surface area contributed by atoms with Crippen molar-refractivity contribution in [3.8, 4) is 11.5 Å². The third kappa shape index (κ3) is 6.43. The number of halogens is 2. The predicted octanol–water partition coefficient (Wildman–Crippen LogP) is 5.81. The first-order valence-electron chi connectivity index (χ1n) is 13.7. The van der Waals surface area contributed by atoms with Gasteiger partial charge in [-0.2, -0.15) is 0 Å². The van der Waals surface area contributed by atoms with E-state index >= 15 is 0 Å². The Morgan fingerprint density at radius 1 is 1.12 bits per heavy atom. The van der Waals surface area contributed by atoms with E-state index in [1.807, 2.05) is 44.2 Å². The molecule has 5 rings (SSSR count). The molecule has 2 heterocycles. The van der Waals surface area contributed by atoms with Gasteiger partial charge in [0.15, 0.2) is 16.3 Å². The number of aromatic nitrogens is 1. The van der Waals surface area contributed by atoms with Gasteiger partial charge in [-0.3, -0.25) is 9.36 Å². The van der Waals surface area contributed by atoms with E-state index < -0.39 is 23.4 Å². The van der Waals surface area contributed by atoms with Crippen molar-refractivity contribution >= 4 is 35.0 Å². The van der Waals surface area contributed by atoms with Crippen LogP contribution < -0.4 is 24.4 Å². The van der Waals surface area contributed by atoms with E-state index in [9.17, 15) is 14.0 Å². The number of hydrogen-bond acceptors (Lipinski definition) is 7. The van der Waals surface area contributed by atoms with Crippen LogP contribution in [0.5, 0.6) is 11.5 Å². The number of allylic oxidation sites excluding steroid dienone is 1. The smallest absolute Gasteiger partial charge is 0.338 e. The maximum absolute atomic E-state index is 14.6. The molecule has 0 N–H and O–H groups in total. The minimum Gasteiger partial charge on any atom is -0.493 e. The summed E-state index contributed by atoms with van der Waals surface area (Å²) in [5.74, 6) is -0.0923. The number of thiazole rings is 1. The number of methoxy groups -OCH3 is 1. The second-order valence-electron chi connectivity index (χ2n) is 10.4. The molecule has 1 unspecified atom stereocenters. The zero-order valence-electron chi connectivity index (χ0n) is 24.1. The summed E-state index contributed by atoms with van der Waals surface area (Å²) in [7, 11) is 1.52. The summed E-state index contributed by atoms with van der Waals surface area (Å²) >= 11 is 7.34. The molecule has 222 valence electrons. The molecule has 0 bridgehead atoms. The Bertz CT molecular complexity index is 1860. The first-order valence-corrected chi connectivity index (χ1v) is 14.9. The van der Waals surface area contributed by atoms with Gasteiger partial charge in [-0.1, -0.05) is 79.2 Å². The average Bonchev–Trinajstić information content (AvgIpc) is 3.30. The Hall–Kier alpha value is -4.21. The molecule has 0 amide bonds. The van der Waals surface area contributed by atoms with E-state index in [0.717, 1.165) is 16.9 Å². The third-order valence-corrected chi connectivity index (χ3v) is 8.12. The summed E-state index contributed by atoms with van der Waals surface area (Å²) in [5, 5.41) is 0.173. The standard InChI is InChI=1S/C33H30ClFN2O5S/c1-19(2)17-42-32(39)29-20(3)36-33-37(31(38)28(43-33)16-23-24(34)11-8-12-25(23)35)30(29)22-13-14-26(27(15-22)40-4)41-18-21-9-6-5-7-10-21/h5-16,19,30H,17-18H2,1-4H3/b28-16-. The van der Waals surface area contributed by atoms with Crippen LogP contribution in [0.3, 0.4) is 0 Å². The summed E-state index contributed by atoms with van der Waals surface area (Å²) < 4.78 is 33.6. The molecule has 3 aromatic carbocycles. The maximum Gasteiger partial charge on any atom is 0.338 e. The van der Waals surface area contributed by atoms with Crippen molar-refractivity contribution in [2.24, 2.45) is 10.9 Å². The second kappa shape index (κ2) is 13.0. The first kappa shape index (κ1) is 30.3. The Morgan fingerprint density at radius 2 is 1.88 bits per heavy atom. The summed E-state index contributed by atoms with van der Waals surface area (Å²) in [4.78, 5) is 32.4. The number of carbonyl (C=O) groups excluding carboxylic acids is 1. The number of carbonyl (C=O) groups is 1. The highest BCUT2D eigenvalue weighted by molar-refractivity contribution is 7.07. The molecule has 0 saturated carbocycles. The van der Waals surface area contributed by atoms with E-state index in [4.69, 9.17) is 25.8 Å². The van der Waals surface area contributed by atoms with Crippen molar-refractivity contribution in [2.45, 2.75) is 33.4 Å². The molecule has 7 nitrogen and oxygen atoms in total. The molecular formula is C33H30ClFN2O5S. The van der Waals surface area contributed by atoms with E-state index in [2.05, 4.69) is 4.99 Å². The fraction of sp³-hybridized carbons (Fsp3) is 0.242. The topological polar surface area (TPSA) is 79.1 Å². The SMILES string of the molecule is COc1cc(C2C(C(=O)OCC(C)C)=C(C)N=c3s/c(=C\c4c(F)cccc4Cl)c(=O)n32)ccc1OCc1ccccc1. The second-order valence-corrected chi connectivity index (χ2v) is 11.8.